The molecule has 1 aromatic rings. The van der Waals surface area contributed by atoms with Gasteiger partial charge < -0.3 is 4.74 Å². The molecular formula is C9H9Br2NO. The summed E-state index contributed by atoms with van der Waals surface area (Å²) in [4.78, 5) is 4.01. The normalized spacial score (nSPS) is 15.8. The van der Waals surface area contributed by atoms with Crippen molar-refractivity contribution in [2.75, 3.05) is 6.61 Å². The van der Waals surface area contributed by atoms with E-state index in [4.69, 9.17) is 4.74 Å². The van der Waals surface area contributed by atoms with Crippen molar-refractivity contribution < 1.29 is 4.74 Å². The molecule has 2 rings (SSSR count). The fourth-order valence-corrected chi connectivity index (χ4v) is 2.18. The van der Waals surface area contributed by atoms with Gasteiger partial charge in [-0.05, 0) is 50.6 Å². The minimum atomic E-state index is 0.770. The van der Waals surface area contributed by atoms with Crippen molar-refractivity contribution in [3.05, 3.63) is 21.3 Å². The minimum absolute atomic E-state index is 0.770. The molecule has 4 heteroatoms. The maximum Gasteiger partial charge on any atom is 0.150 e. The van der Waals surface area contributed by atoms with E-state index in [1.807, 2.05) is 0 Å². The molecule has 1 aliphatic rings. The van der Waals surface area contributed by atoms with Crippen molar-refractivity contribution in [3.63, 3.8) is 0 Å². The van der Waals surface area contributed by atoms with Crippen LogP contribution in [0.2, 0.25) is 0 Å². The van der Waals surface area contributed by atoms with Crippen molar-refractivity contribution in [1.82, 2.24) is 4.98 Å². The van der Waals surface area contributed by atoms with Crippen LogP contribution >= 0.6 is 31.9 Å². The predicted octanol–water partition coefficient (Wildman–Crippen LogP) is 3.40. The first kappa shape index (κ1) is 9.46. The molecule has 1 aromatic heterocycles. The summed E-state index contributed by atoms with van der Waals surface area (Å²) in [6, 6.07) is 0. The van der Waals surface area contributed by atoms with Gasteiger partial charge in [0.15, 0.2) is 5.75 Å². The molecule has 1 heterocycles. The number of pyridine rings is 1. The van der Waals surface area contributed by atoms with E-state index in [0.29, 0.717) is 0 Å². The Morgan fingerprint density at radius 2 is 1.92 bits per heavy atom. The Morgan fingerprint density at radius 3 is 2.46 bits per heavy atom. The molecule has 70 valence electrons. The van der Waals surface area contributed by atoms with E-state index in [2.05, 4.69) is 36.8 Å². The molecule has 1 fully saturated rings. The summed E-state index contributed by atoms with van der Waals surface area (Å²) in [7, 11) is 0. The Balaban J connectivity index is 2.07. The Morgan fingerprint density at radius 1 is 1.31 bits per heavy atom. The van der Waals surface area contributed by atoms with Crippen LogP contribution in [0.15, 0.2) is 21.3 Å². The van der Waals surface area contributed by atoms with Crippen LogP contribution in [-0.4, -0.2) is 11.6 Å². The molecule has 1 saturated carbocycles. The van der Waals surface area contributed by atoms with E-state index in [0.717, 1.165) is 27.2 Å². The largest absolute Gasteiger partial charge is 0.491 e. The van der Waals surface area contributed by atoms with E-state index in [9.17, 15) is 0 Å². The minimum Gasteiger partial charge on any atom is -0.491 e. The topological polar surface area (TPSA) is 22.1 Å². The number of halogens is 2. The van der Waals surface area contributed by atoms with Gasteiger partial charge in [-0.3, -0.25) is 4.98 Å². The third-order valence-corrected chi connectivity index (χ3v) is 3.10. The lowest BCUT2D eigenvalue weighted by Gasteiger charge is -2.08. The van der Waals surface area contributed by atoms with Crippen LogP contribution in [0, 0.1) is 5.92 Å². The van der Waals surface area contributed by atoms with Gasteiger partial charge in [0.05, 0.1) is 15.6 Å². The Bertz CT molecular complexity index is 292. The average molecular weight is 307 g/mol. The zero-order valence-electron chi connectivity index (χ0n) is 6.96. The standard InChI is InChI=1S/C9H9Br2NO/c10-7-3-12-4-8(11)9(7)13-5-6-1-2-6/h3-4,6H,1-2,5H2. The van der Waals surface area contributed by atoms with Crippen molar-refractivity contribution in [2.45, 2.75) is 12.8 Å². The molecule has 0 aliphatic heterocycles. The highest BCUT2D eigenvalue weighted by atomic mass is 79.9. The van der Waals surface area contributed by atoms with Crippen LogP contribution in [0.3, 0.4) is 0 Å². The number of rotatable bonds is 3. The van der Waals surface area contributed by atoms with E-state index < -0.39 is 0 Å². The molecule has 0 unspecified atom stereocenters. The van der Waals surface area contributed by atoms with Crippen LogP contribution in [0.5, 0.6) is 5.75 Å². The van der Waals surface area contributed by atoms with Crippen LogP contribution in [0.4, 0.5) is 0 Å². The average Bonchev–Trinajstić information content (AvgIpc) is 2.87. The first-order valence-electron chi connectivity index (χ1n) is 4.19. The molecule has 1 aliphatic carbocycles. The number of hydrogen-bond donors (Lipinski definition) is 0. The quantitative estimate of drug-likeness (QED) is 0.854. The fraction of sp³-hybridized carbons (Fsp3) is 0.444. The van der Waals surface area contributed by atoms with Gasteiger partial charge in [-0.1, -0.05) is 0 Å². The summed E-state index contributed by atoms with van der Waals surface area (Å²) in [5, 5.41) is 0. The highest BCUT2D eigenvalue weighted by molar-refractivity contribution is 9.11. The van der Waals surface area contributed by atoms with E-state index in [-0.39, 0.29) is 0 Å². The van der Waals surface area contributed by atoms with Crippen LogP contribution in [0.25, 0.3) is 0 Å². The van der Waals surface area contributed by atoms with Gasteiger partial charge in [0.1, 0.15) is 0 Å². The SMILES string of the molecule is Brc1cncc(Br)c1OCC1CC1. The summed E-state index contributed by atoms with van der Waals surface area (Å²) >= 11 is 6.80. The van der Waals surface area contributed by atoms with E-state index in [1.165, 1.54) is 12.8 Å². The molecule has 0 aromatic carbocycles. The van der Waals surface area contributed by atoms with Gasteiger partial charge in [-0.2, -0.15) is 0 Å². The Hall–Kier alpha value is -0.0900. The van der Waals surface area contributed by atoms with Crippen LogP contribution < -0.4 is 4.74 Å². The maximum absolute atomic E-state index is 5.66. The van der Waals surface area contributed by atoms with E-state index >= 15 is 0 Å². The Labute approximate surface area is 94.0 Å². The number of nitrogens with zero attached hydrogens (tertiary/aromatic N) is 1. The van der Waals surface area contributed by atoms with Gasteiger partial charge in [0, 0.05) is 12.4 Å². The van der Waals surface area contributed by atoms with Crippen LogP contribution in [0.1, 0.15) is 12.8 Å². The smallest absolute Gasteiger partial charge is 0.150 e. The van der Waals surface area contributed by atoms with E-state index in [1.54, 1.807) is 12.4 Å². The zero-order chi connectivity index (χ0) is 9.26. The number of hydrogen-bond acceptors (Lipinski definition) is 2. The predicted molar refractivity (Wildman–Crippen MR) is 57.9 cm³/mol. The molecule has 0 bridgehead atoms. The summed E-state index contributed by atoms with van der Waals surface area (Å²) in [5.74, 6) is 1.63. The summed E-state index contributed by atoms with van der Waals surface area (Å²) in [6.45, 7) is 0.821. The molecule has 0 saturated heterocycles. The molecular weight excluding hydrogens is 298 g/mol. The number of aromatic nitrogens is 1. The lowest BCUT2D eigenvalue weighted by atomic mass is 10.4. The van der Waals surface area contributed by atoms with Crippen molar-refractivity contribution in [3.8, 4) is 5.75 Å². The number of ether oxygens (including phenoxy) is 1. The summed E-state index contributed by atoms with van der Waals surface area (Å²) in [6.07, 6.45) is 6.10. The van der Waals surface area contributed by atoms with Crippen LogP contribution in [-0.2, 0) is 0 Å². The third-order valence-electron chi connectivity index (χ3n) is 1.97. The molecule has 0 spiro atoms. The second-order valence-corrected chi connectivity index (χ2v) is 4.90. The molecule has 2 nitrogen and oxygen atoms in total. The summed E-state index contributed by atoms with van der Waals surface area (Å²) < 4.78 is 7.47. The first-order chi connectivity index (χ1) is 6.27. The first-order valence-corrected chi connectivity index (χ1v) is 5.78. The molecule has 0 radical (unpaired) electrons. The molecule has 0 atom stereocenters. The lowest BCUT2D eigenvalue weighted by Crippen LogP contribution is -2.00. The molecule has 0 N–H and O–H groups in total. The second kappa shape index (κ2) is 3.96. The van der Waals surface area contributed by atoms with Gasteiger partial charge >= 0.3 is 0 Å². The van der Waals surface area contributed by atoms with Crippen molar-refractivity contribution >= 4 is 31.9 Å². The van der Waals surface area contributed by atoms with Gasteiger partial charge in [-0.25, -0.2) is 0 Å². The van der Waals surface area contributed by atoms with Crippen molar-refractivity contribution in [2.24, 2.45) is 5.92 Å². The highest BCUT2D eigenvalue weighted by Crippen LogP contribution is 2.35. The van der Waals surface area contributed by atoms with Crippen molar-refractivity contribution in [1.29, 1.82) is 0 Å². The highest BCUT2D eigenvalue weighted by Gasteiger charge is 2.22. The molecule has 0 amide bonds. The fourth-order valence-electron chi connectivity index (χ4n) is 1.02. The molecule has 13 heavy (non-hydrogen) atoms. The second-order valence-electron chi connectivity index (χ2n) is 3.19. The van der Waals surface area contributed by atoms with Gasteiger partial charge in [-0.15, -0.1) is 0 Å². The van der Waals surface area contributed by atoms with Gasteiger partial charge in [0.2, 0.25) is 0 Å². The third kappa shape index (κ3) is 2.44. The Kier molecular flexibility index (Phi) is 2.89. The maximum atomic E-state index is 5.66. The summed E-state index contributed by atoms with van der Waals surface area (Å²) in [5.41, 5.74) is 0. The lowest BCUT2D eigenvalue weighted by molar-refractivity contribution is 0.296. The monoisotopic (exact) mass is 305 g/mol. The zero-order valence-corrected chi connectivity index (χ0v) is 10.1. The van der Waals surface area contributed by atoms with Gasteiger partial charge in [0.25, 0.3) is 0 Å².